The van der Waals surface area contributed by atoms with Gasteiger partial charge in [-0.05, 0) is 0 Å². The van der Waals surface area contributed by atoms with Crippen molar-refractivity contribution in [2.75, 3.05) is 7.11 Å². The van der Waals surface area contributed by atoms with Gasteiger partial charge in [-0.15, -0.1) is 13.2 Å². The molecule has 7 nitrogen and oxygen atoms in total. The van der Waals surface area contributed by atoms with Gasteiger partial charge in [0.05, 0.1) is 12.0 Å². The van der Waals surface area contributed by atoms with Gasteiger partial charge >= 0.3 is 12.0 Å². The molecule has 0 fully saturated rings. The molecule has 0 radical (unpaired) electrons. The molecule has 1 aromatic heterocycles. The number of hydrogen-bond donors (Lipinski definition) is 0. The molecule has 0 atom stereocenters. The number of ether oxygens (including phenoxy) is 2. The molecule has 1 aromatic rings. The van der Waals surface area contributed by atoms with Gasteiger partial charge in [0.1, 0.15) is 11.8 Å². The fraction of sp³-hybridized carbons (Fsp3) is 0.250. The van der Waals surface area contributed by atoms with Gasteiger partial charge in [-0.1, -0.05) is 0 Å². The van der Waals surface area contributed by atoms with Gasteiger partial charge in [0.25, 0.3) is 5.88 Å². The van der Waals surface area contributed by atoms with E-state index in [0.29, 0.717) is 6.20 Å². The van der Waals surface area contributed by atoms with Crippen molar-refractivity contribution >= 4 is 12.0 Å². The summed E-state index contributed by atoms with van der Waals surface area (Å²) in [6.45, 7) is 0. The Morgan fingerprint density at radius 1 is 1.50 bits per heavy atom. The molecule has 98 valence electrons. The summed E-state index contributed by atoms with van der Waals surface area (Å²) in [4.78, 5) is 23.4. The minimum Gasteiger partial charge on any atom is -0.478 e. The highest BCUT2D eigenvalue weighted by atomic mass is 19.4. The van der Waals surface area contributed by atoms with E-state index in [2.05, 4.69) is 14.5 Å². The lowest BCUT2D eigenvalue weighted by Gasteiger charge is -2.12. The van der Waals surface area contributed by atoms with Crippen LogP contribution < -0.4 is 9.47 Å². The average molecular weight is 266 g/mol. The Balaban J connectivity index is 3.46. The largest absolute Gasteiger partial charge is 0.573 e. The van der Waals surface area contributed by atoms with Crippen LogP contribution >= 0.6 is 0 Å². The summed E-state index contributed by atoms with van der Waals surface area (Å²) in [5.74, 6) is -1.82. The number of hydrogen-bond acceptors (Lipinski definition) is 6. The fourth-order valence-electron chi connectivity index (χ4n) is 1.10. The van der Waals surface area contributed by atoms with E-state index < -0.39 is 34.2 Å². The van der Waals surface area contributed by atoms with E-state index >= 15 is 0 Å². The molecule has 0 aliphatic carbocycles. The maximum atomic E-state index is 12.1. The van der Waals surface area contributed by atoms with Crippen LogP contribution in [0.3, 0.4) is 0 Å². The fourth-order valence-corrected chi connectivity index (χ4v) is 1.10. The Kier molecular flexibility index (Phi) is 3.69. The summed E-state index contributed by atoms with van der Waals surface area (Å²) in [7, 11) is 0.978. The van der Waals surface area contributed by atoms with E-state index in [1.807, 2.05) is 0 Å². The first-order chi connectivity index (χ1) is 8.30. The molecule has 0 unspecified atom stereocenters. The van der Waals surface area contributed by atoms with Crippen molar-refractivity contribution in [1.29, 1.82) is 0 Å². The molecule has 0 saturated heterocycles. The number of nitrogens with zero attached hydrogens (tertiary/aromatic N) is 2. The number of nitro groups is 1. The summed E-state index contributed by atoms with van der Waals surface area (Å²) in [6, 6.07) is 0. The van der Waals surface area contributed by atoms with Gasteiger partial charge in [0.2, 0.25) is 5.75 Å². The average Bonchev–Trinajstić information content (AvgIpc) is 2.26. The van der Waals surface area contributed by atoms with E-state index in [9.17, 15) is 28.1 Å². The highest BCUT2D eigenvalue weighted by Crippen LogP contribution is 2.37. The van der Waals surface area contributed by atoms with Crippen molar-refractivity contribution in [3.05, 3.63) is 21.9 Å². The Labute approximate surface area is 97.3 Å². The quantitative estimate of drug-likeness (QED) is 0.468. The number of carbonyl (C=O) groups is 1. The van der Waals surface area contributed by atoms with E-state index in [-0.39, 0.29) is 6.29 Å². The van der Waals surface area contributed by atoms with Gasteiger partial charge in [0.15, 0.2) is 6.29 Å². The molecule has 1 heterocycles. The van der Waals surface area contributed by atoms with Crippen LogP contribution in [0.1, 0.15) is 10.4 Å². The van der Waals surface area contributed by atoms with Gasteiger partial charge in [-0.25, -0.2) is 4.98 Å². The van der Waals surface area contributed by atoms with Crippen molar-refractivity contribution in [3.8, 4) is 11.6 Å². The van der Waals surface area contributed by atoms with Crippen LogP contribution in [0.2, 0.25) is 0 Å². The van der Waals surface area contributed by atoms with Gasteiger partial charge in [0, 0.05) is 0 Å². The summed E-state index contributed by atoms with van der Waals surface area (Å²) in [5, 5.41) is 10.5. The standard InChI is InChI=1S/C8H5F3N2O5/c1-17-7-6(18-8(9,10)11)4(3-14)5(2-12-7)13(15)16/h2-3H,1H3. The van der Waals surface area contributed by atoms with Crippen LogP contribution in [0.15, 0.2) is 6.20 Å². The summed E-state index contributed by atoms with van der Waals surface area (Å²) in [5.41, 5.74) is -1.81. The van der Waals surface area contributed by atoms with Crippen molar-refractivity contribution in [2.24, 2.45) is 0 Å². The number of aromatic nitrogens is 1. The first kappa shape index (κ1) is 13.7. The zero-order valence-electron chi connectivity index (χ0n) is 8.72. The first-order valence-corrected chi connectivity index (χ1v) is 4.22. The molecule has 18 heavy (non-hydrogen) atoms. The molecule has 0 bridgehead atoms. The number of rotatable bonds is 4. The Morgan fingerprint density at radius 2 is 2.11 bits per heavy atom. The highest BCUT2D eigenvalue weighted by Gasteiger charge is 2.36. The second-order valence-corrected chi connectivity index (χ2v) is 2.82. The van der Waals surface area contributed by atoms with Crippen LogP contribution in [0.4, 0.5) is 18.9 Å². The van der Waals surface area contributed by atoms with Crippen molar-refractivity contribution < 1.29 is 32.4 Å². The topological polar surface area (TPSA) is 91.6 Å². The normalized spacial score (nSPS) is 10.9. The van der Waals surface area contributed by atoms with Gasteiger partial charge in [-0.2, -0.15) is 0 Å². The van der Waals surface area contributed by atoms with Crippen LogP contribution in [0.25, 0.3) is 0 Å². The number of carbonyl (C=O) groups excluding carboxylic acids is 1. The Morgan fingerprint density at radius 3 is 2.50 bits per heavy atom. The van der Waals surface area contributed by atoms with Crippen LogP contribution in [0, 0.1) is 10.1 Å². The molecule has 0 spiro atoms. The van der Waals surface area contributed by atoms with Crippen molar-refractivity contribution in [2.45, 2.75) is 6.36 Å². The molecule has 1 rings (SSSR count). The third-order valence-corrected chi connectivity index (χ3v) is 1.74. The maximum Gasteiger partial charge on any atom is 0.573 e. The molecular formula is C8H5F3N2O5. The molecule has 10 heteroatoms. The summed E-state index contributed by atoms with van der Waals surface area (Å²) < 4.78 is 44.3. The number of halogens is 3. The number of methoxy groups -OCH3 is 1. The zero-order chi connectivity index (χ0) is 13.9. The van der Waals surface area contributed by atoms with Crippen LogP contribution in [0.5, 0.6) is 11.6 Å². The summed E-state index contributed by atoms with van der Waals surface area (Å²) in [6.07, 6.45) is -4.67. The van der Waals surface area contributed by atoms with E-state index in [1.54, 1.807) is 0 Å². The number of pyridine rings is 1. The molecule has 0 aliphatic heterocycles. The molecule has 0 N–H and O–H groups in total. The van der Waals surface area contributed by atoms with Gasteiger partial charge < -0.3 is 9.47 Å². The highest BCUT2D eigenvalue weighted by molar-refractivity contribution is 5.86. The maximum absolute atomic E-state index is 12.1. The monoisotopic (exact) mass is 266 g/mol. The third kappa shape index (κ3) is 2.84. The molecule has 0 amide bonds. The molecule has 0 aliphatic rings. The van der Waals surface area contributed by atoms with E-state index in [4.69, 9.17) is 0 Å². The number of aldehydes is 1. The van der Waals surface area contributed by atoms with E-state index in [1.165, 1.54) is 0 Å². The van der Waals surface area contributed by atoms with Gasteiger partial charge in [-0.3, -0.25) is 14.9 Å². The lowest BCUT2D eigenvalue weighted by molar-refractivity contribution is -0.385. The van der Waals surface area contributed by atoms with E-state index in [0.717, 1.165) is 7.11 Å². The predicted molar refractivity (Wildman–Crippen MR) is 49.5 cm³/mol. The lowest BCUT2D eigenvalue weighted by Crippen LogP contribution is -2.19. The SMILES string of the molecule is COc1ncc([N+](=O)[O-])c(C=O)c1OC(F)(F)F. The summed E-state index contributed by atoms with van der Waals surface area (Å²) >= 11 is 0. The van der Waals surface area contributed by atoms with Crippen LogP contribution in [-0.4, -0.2) is 29.7 Å². The Bertz CT molecular complexity index is 488. The number of alkyl halides is 3. The minimum atomic E-state index is -5.14. The van der Waals surface area contributed by atoms with Crippen molar-refractivity contribution in [3.63, 3.8) is 0 Å². The second kappa shape index (κ2) is 4.85. The van der Waals surface area contributed by atoms with Crippen LogP contribution in [-0.2, 0) is 0 Å². The van der Waals surface area contributed by atoms with Crippen molar-refractivity contribution in [1.82, 2.24) is 4.98 Å². The Hall–Kier alpha value is -2.39. The minimum absolute atomic E-state index is 0.136. The lowest BCUT2D eigenvalue weighted by atomic mass is 10.2. The molecular weight excluding hydrogens is 261 g/mol. The first-order valence-electron chi connectivity index (χ1n) is 4.22. The smallest absolute Gasteiger partial charge is 0.478 e. The third-order valence-electron chi connectivity index (χ3n) is 1.74. The zero-order valence-corrected chi connectivity index (χ0v) is 8.72. The molecule has 0 aromatic carbocycles. The molecule has 0 saturated carbocycles. The predicted octanol–water partition coefficient (Wildman–Crippen LogP) is 1.71. The second-order valence-electron chi connectivity index (χ2n) is 2.82.